The first-order chi connectivity index (χ1) is 17.9. The summed E-state index contributed by atoms with van der Waals surface area (Å²) in [7, 11) is 0. The normalized spacial score (nSPS) is 14.1. The summed E-state index contributed by atoms with van der Waals surface area (Å²) in [5.74, 6) is 1.17. The van der Waals surface area contributed by atoms with E-state index in [9.17, 15) is 9.18 Å². The van der Waals surface area contributed by atoms with Gasteiger partial charge in [-0.05, 0) is 43.3 Å². The van der Waals surface area contributed by atoms with Gasteiger partial charge in [-0.3, -0.25) is 4.90 Å². The van der Waals surface area contributed by atoms with Crippen molar-refractivity contribution in [1.82, 2.24) is 24.8 Å². The third-order valence-electron chi connectivity index (χ3n) is 6.20. The predicted octanol–water partition coefficient (Wildman–Crippen LogP) is 4.57. The molecule has 2 aromatic heterocycles. The minimum absolute atomic E-state index is 0.330. The number of piperazine rings is 1. The van der Waals surface area contributed by atoms with Crippen LogP contribution in [0.5, 0.6) is 5.75 Å². The Hall–Kier alpha value is -4.38. The topological polar surface area (TPSA) is 119 Å². The number of anilines is 4. The molecule has 1 aliphatic rings. The number of nitrogens with zero attached hydrogens (tertiary/aromatic N) is 4. The van der Waals surface area contributed by atoms with Crippen LogP contribution in [0, 0.1) is 12.7 Å². The molecule has 10 nitrogen and oxygen atoms in total. The van der Waals surface area contributed by atoms with E-state index in [1.807, 2.05) is 37.3 Å². The fourth-order valence-electron chi connectivity index (χ4n) is 4.28. The smallest absolute Gasteiger partial charge is 0.407 e. The zero-order chi connectivity index (χ0) is 25.8. The molecule has 1 saturated heterocycles. The molecule has 37 heavy (non-hydrogen) atoms. The van der Waals surface area contributed by atoms with Crippen LogP contribution in [-0.4, -0.2) is 75.3 Å². The van der Waals surface area contributed by atoms with E-state index in [-0.39, 0.29) is 5.82 Å². The first kappa shape index (κ1) is 24.3. The van der Waals surface area contributed by atoms with Gasteiger partial charge in [-0.15, -0.1) is 0 Å². The number of aryl methyl sites for hydroxylation is 1. The Bertz CT molecular complexity index is 1400. The maximum absolute atomic E-state index is 14.9. The summed E-state index contributed by atoms with van der Waals surface area (Å²) in [6, 6.07) is 14.4. The van der Waals surface area contributed by atoms with E-state index in [0.717, 1.165) is 16.9 Å². The van der Waals surface area contributed by atoms with Crippen LogP contribution in [0.2, 0.25) is 0 Å². The summed E-state index contributed by atoms with van der Waals surface area (Å²) in [4.78, 5) is 26.5. The van der Waals surface area contributed by atoms with Gasteiger partial charge in [-0.1, -0.05) is 6.07 Å². The molecular weight excluding hydrogens is 477 g/mol. The number of nitrogens with one attached hydrogen (secondary N) is 3. The molecule has 0 radical (unpaired) electrons. The van der Waals surface area contributed by atoms with Crippen LogP contribution in [0.25, 0.3) is 10.9 Å². The minimum Gasteiger partial charge on any atom is -0.492 e. The number of halogens is 1. The summed E-state index contributed by atoms with van der Waals surface area (Å²) in [6.07, 6.45) is 0.727. The van der Waals surface area contributed by atoms with E-state index >= 15 is 0 Å². The minimum atomic E-state index is -0.869. The van der Waals surface area contributed by atoms with Crippen molar-refractivity contribution in [1.29, 1.82) is 0 Å². The summed E-state index contributed by atoms with van der Waals surface area (Å²) < 4.78 is 20.9. The van der Waals surface area contributed by atoms with Crippen LogP contribution < -0.4 is 15.4 Å². The molecule has 1 aliphatic heterocycles. The Kier molecular flexibility index (Phi) is 7.04. The second-order valence-corrected chi connectivity index (χ2v) is 8.84. The first-order valence-electron chi connectivity index (χ1n) is 12.0. The second-order valence-electron chi connectivity index (χ2n) is 8.84. The number of hydrogen-bond acceptors (Lipinski definition) is 7. The number of hydrogen-bond donors (Lipinski definition) is 4. The highest BCUT2D eigenvalue weighted by Gasteiger charge is 2.20. The molecule has 0 saturated carbocycles. The molecular formula is C26H28FN7O3. The molecule has 1 amide bonds. The SMILES string of the molecule is Cc1cc2c(F)c(Nc3ccnc(Nc4cccc(OCCN5CCN(C(=O)O)CC5)c4)n3)ccc2[nH]1. The van der Waals surface area contributed by atoms with Crippen molar-refractivity contribution in [3.63, 3.8) is 0 Å². The zero-order valence-corrected chi connectivity index (χ0v) is 20.4. The summed E-state index contributed by atoms with van der Waals surface area (Å²) in [5, 5.41) is 15.8. The fourth-order valence-corrected chi connectivity index (χ4v) is 4.28. The van der Waals surface area contributed by atoms with Gasteiger partial charge >= 0.3 is 6.09 Å². The van der Waals surface area contributed by atoms with Crippen molar-refractivity contribution in [2.75, 3.05) is 50.0 Å². The molecule has 2 aromatic carbocycles. The number of fused-ring (bicyclic) bond motifs is 1. The monoisotopic (exact) mass is 505 g/mol. The molecule has 0 unspecified atom stereocenters. The Morgan fingerprint density at radius 2 is 1.97 bits per heavy atom. The van der Waals surface area contributed by atoms with Crippen molar-refractivity contribution in [3.8, 4) is 5.75 Å². The predicted molar refractivity (Wildman–Crippen MR) is 140 cm³/mol. The molecule has 4 aromatic rings. The second kappa shape index (κ2) is 10.7. The quantitative estimate of drug-likeness (QED) is 0.275. The zero-order valence-electron chi connectivity index (χ0n) is 20.4. The molecule has 4 N–H and O–H groups in total. The van der Waals surface area contributed by atoms with E-state index < -0.39 is 6.09 Å². The van der Waals surface area contributed by atoms with Gasteiger partial charge in [0.15, 0.2) is 5.82 Å². The van der Waals surface area contributed by atoms with E-state index in [2.05, 4.69) is 30.5 Å². The maximum atomic E-state index is 14.9. The summed E-state index contributed by atoms with van der Waals surface area (Å²) in [5.41, 5.74) is 2.72. The number of ether oxygens (including phenoxy) is 1. The summed E-state index contributed by atoms with van der Waals surface area (Å²) >= 11 is 0. The molecule has 192 valence electrons. The molecule has 3 heterocycles. The number of aromatic nitrogens is 3. The Morgan fingerprint density at radius 1 is 1.14 bits per heavy atom. The van der Waals surface area contributed by atoms with E-state index in [1.54, 1.807) is 24.4 Å². The lowest BCUT2D eigenvalue weighted by Crippen LogP contribution is -2.49. The van der Waals surface area contributed by atoms with Gasteiger partial charge in [0.05, 0.1) is 5.69 Å². The first-order valence-corrected chi connectivity index (χ1v) is 12.0. The lowest BCUT2D eigenvalue weighted by atomic mass is 10.2. The number of benzene rings is 2. The standard InChI is InChI=1S/C26H28FN7O3/c1-17-15-20-21(29-17)5-6-22(24(20)27)31-23-7-8-28-25(32-23)30-18-3-2-4-19(16-18)37-14-13-33-9-11-34(12-10-33)26(35)36/h2-8,15-16,29H,9-14H2,1H3,(H,35,36)(H2,28,30,31,32). The van der Waals surface area contributed by atoms with Gasteiger partial charge in [-0.25, -0.2) is 14.2 Å². The third-order valence-corrected chi connectivity index (χ3v) is 6.20. The van der Waals surface area contributed by atoms with Crippen LogP contribution in [0.1, 0.15) is 5.69 Å². The Morgan fingerprint density at radius 3 is 2.78 bits per heavy atom. The van der Waals surface area contributed by atoms with Crippen molar-refractivity contribution in [2.45, 2.75) is 6.92 Å². The highest BCUT2D eigenvalue weighted by Crippen LogP contribution is 2.27. The van der Waals surface area contributed by atoms with Gasteiger partial charge < -0.3 is 30.4 Å². The number of carboxylic acid groups (broad SMARTS) is 1. The number of H-pyrrole nitrogens is 1. The Labute approximate surface area is 213 Å². The van der Waals surface area contributed by atoms with E-state index in [1.165, 1.54) is 4.90 Å². The molecule has 0 atom stereocenters. The van der Waals surface area contributed by atoms with Crippen LogP contribution in [-0.2, 0) is 0 Å². The highest BCUT2D eigenvalue weighted by molar-refractivity contribution is 5.85. The molecule has 0 aliphatic carbocycles. The van der Waals surface area contributed by atoms with Crippen molar-refractivity contribution in [3.05, 3.63) is 66.2 Å². The van der Waals surface area contributed by atoms with Crippen LogP contribution in [0.3, 0.4) is 0 Å². The highest BCUT2D eigenvalue weighted by atomic mass is 19.1. The lowest BCUT2D eigenvalue weighted by Gasteiger charge is -2.32. The van der Waals surface area contributed by atoms with Crippen LogP contribution >= 0.6 is 0 Å². The van der Waals surface area contributed by atoms with Gasteiger partial charge in [0.2, 0.25) is 5.95 Å². The molecule has 11 heteroatoms. The number of amides is 1. The molecule has 1 fully saturated rings. The largest absolute Gasteiger partial charge is 0.492 e. The van der Waals surface area contributed by atoms with Crippen molar-refractivity contribution < 1.29 is 19.0 Å². The molecule has 5 rings (SSSR count). The average Bonchev–Trinajstić information content (AvgIpc) is 3.28. The van der Waals surface area contributed by atoms with Gasteiger partial charge in [0.25, 0.3) is 0 Å². The van der Waals surface area contributed by atoms with E-state index in [4.69, 9.17) is 9.84 Å². The van der Waals surface area contributed by atoms with Gasteiger partial charge in [-0.2, -0.15) is 4.98 Å². The van der Waals surface area contributed by atoms with Crippen molar-refractivity contribution >= 4 is 40.1 Å². The van der Waals surface area contributed by atoms with Crippen LogP contribution in [0.15, 0.2) is 54.7 Å². The summed E-state index contributed by atoms with van der Waals surface area (Å²) in [6.45, 7) is 5.50. The lowest BCUT2D eigenvalue weighted by molar-refractivity contribution is 0.0985. The number of carbonyl (C=O) groups is 1. The Balaban J connectivity index is 1.17. The maximum Gasteiger partial charge on any atom is 0.407 e. The van der Waals surface area contributed by atoms with Gasteiger partial charge in [0.1, 0.15) is 18.2 Å². The number of aromatic amines is 1. The van der Waals surface area contributed by atoms with Crippen molar-refractivity contribution in [2.24, 2.45) is 0 Å². The fraction of sp³-hybridized carbons (Fsp3) is 0.269. The van der Waals surface area contributed by atoms with E-state index in [0.29, 0.717) is 67.9 Å². The third kappa shape index (κ3) is 5.89. The average molecular weight is 506 g/mol. The number of rotatable bonds is 8. The molecule has 0 spiro atoms. The van der Waals surface area contributed by atoms with Crippen LogP contribution in [0.4, 0.5) is 32.3 Å². The van der Waals surface area contributed by atoms with Gasteiger partial charge in [0, 0.05) is 67.3 Å². The molecule has 0 bridgehead atoms.